The zero-order valence-electron chi connectivity index (χ0n) is 18.1. The maximum atomic E-state index is 10.7. The first kappa shape index (κ1) is 22.0. The number of nitrogens with zero attached hydrogens (tertiary/aromatic N) is 3. The number of nitrogens with two attached hydrogens (primary N) is 1. The van der Waals surface area contributed by atoms with Crippen molar-refractivity contribution in [1.29, 1.82) is 0 Å². The largest absolute Gasteiger partial charge is 0.387 e. The molecule has 5 rings (SSSR count). The van der Waals surface area contributed by atoms with Gasteiger partial charge in [0.05, 0.1) is 5.39 Å². The van der Waals surface area contributed by atoms with Crippen molar-refractivity contribution < 1.29 is 19.7 Å². The molecule has 10 nitrogen and oxygen atoms in total. The first-order valence-electron chi connectivity index (χ1n) is 10.8. The molecule has 0 bridgehead atoms. The summed E-state index contributed by atoms with van der Waals surface area (Å²) in [6, 6.07) is 16.9. The van der Waals surface area contributed by atoms with Gasteiger partial charge in [-0.1, -0.05) is 30.3 Å². The van der Waals surface area contributed by atoms with Crippen LogP contribution in [0.25, 0.3) is 22.2 Å². The first-order chi connectivity index (χ1) is 16.6. The molecule has 34 heavy (non-hydrogen) atoms. The molecule has 174 valence electrons. The van der Waals surface area contributed by atoms with Gasteiger partial charge in [0.1, 0.15) is 36.1 Å². The number of anilines is 3. The maximum Gasteiger partial charge on any atom is 0.211 e. The zero-order valence-corrected chi connectivity index (χ0v) is 18.1. The van der Waals surface area contributed by atoms with E-state index in [1.807, 2.05) is 48.7 Å². The van der Waals surface area contributed by atoms with E-state index in [1.54, 1.807) is 16.7 Å². The van der Waals surface area contributed by atoms with Crippen LogP contribution in [0.3, 0.4) is 0 Å². The molecule has 0 unspecified atom stereocenters. The van der Waals surface area contributed by atoms with E-state index in [0.29, 0.717) is 23.6 Å². The lowest BCUT2D eigenvalue weighted by Crippen LogP contribution is -2.35. The van der Waals surface area contributed by atoms with Gasteiger partial charge in [0.15, 0.2) is 6.23 Å². The van der Waals surface area contributed by atoms with Crippen LogP contribution in [0.1, 0.15) is 6.23 Å². The van der Waals surface area contributed by atoms with E-state index in [1.165, 1.54) is 6.33 Å². The molecule has 1 aliphatic heterocycles. The van der Waals surface area contributed by atoms with E-state index in [0.717, 1.165) is 22.2 Å². The van der Waals surface area contributed by atoms with E-state index < -0.39 is 24.5 Å². The topological polar surface area (TPSA) is 148 Å². The number of nitrogens with one attached hydrogen (secondary N) is 2. The van der Waals surface area contributed by atoms with Gasteiger partial charge in [0.2, 0.25) is 6.41 Å². The molecule has 0 saturated carbocycles. The van der Waals surface area contributed by atoms with Gasteiger partial charge in [-0.05, 0) is 29.8 Å². The van der Waals surface area contributed by atoms with Crippen LogP contribution >= 0.6 is 0 Å². The molecular formula is C24H24N6O4. The Hall–Kier alpha value is -3.83. The van der Waals surface area contributed by atoms with Crippen molar-refractivity contribution >= 4 is 34.6 Å². The van der Waals surface area contributed by atoms with Crippen LogP contribution in [0.15, 0.2) is 67.1 Å². The molecule has 0 radical (unpaired) electrons. The van der Waals surface area contributed by atoms with E-state index in [-0.39, 0.29) is 6.54 Å². The van der Waals surface area contributed by atoms with Crippen LogP contribution in [0.4, 0.5) is 17.2 Å². The summed E-state index contributed by atoms with van der Waals surface area (Å²) < 4.78 is 7.61. The quantitative estimate of drug-likeness (QED) is 0.263. The average Bonchev–Trinajstić information content (AvgIpc) is 3.39. The SMILES string of the molecule is NC[C@H]1O[C@@H](n2cc(-c3ccccc3)c3c(Nc4ccc(NC=O)cc4)ncnc32)[C@@H](O)[C@H]1O. The number of carbonyl (C=O) groups excluding carboxylic acids is 1. The van der Waals surface area contributed by atoms with Gasteiger partial charge < -0.3 is 35.9 Å². The van der Waals surface area contributed by atoms with Crippen molar-refractivity contribution in [3.63, 3.8) is 0 Å². The van der Waals surface area contributed by atoms with Gasteiger partial charge in [-0.3, -0.25) is 4.79 Å². The summed E-state index contributed by atoms with van der Waals surface area (Å²) in [5.41, 5.74) is 9.44. The molecule has 4 atom stereocenters. The Morgan fingerprint density at radius 1 is 1.03 bits per heavy atom. The molecule has 10 heteroatoms. The highest BCUT2D eigenvalue weighted by Crippen LogP contribution is 2.39. The lowest BCUT2D eigenvalue weighted by molar-refractivity contribution is -0.105. The second-order valence-corrected chi connectivity index (χ2v) is 7.98. The highest BCUT2D eigenvalue weighted by Gasteiger charge is 2.43. The Morgan fingerprint density at radius 2 is 1.76 bits per heavy atom. The number of aromatic nitrogens is 3. The Morgan fingerprint density at radius 3 is 2.44 bits per heavy atom. The minimum absolute atomic E-state index is 0.0796. The number of ether oxygens (including phenoxy) is 1. The van der Waals surface area contributed by atoms with E-state index in [9.17, 15) is 15.0 Å². The normalized spacial score (nSPS) is 22.1. The van der Waals surface area contributed by atoms with Crippen LogP contribution in [-0.4, -0.2) is 56.0 Å². The standard InChI is InChI=1S/C24H24N6O4/c25-10-18-20(32)21(33)24(34-18)30-11-17(14-4-2-1-3-5-14)19-22(26-12-27-23(19)30)29-16-8-6-15(7-9-16)28-13-31/h1-9,11-13,18,20-21,24,32-33H,10,25H2,(H,28,31)(H,26,27,29)/t18-,20+,21+,24-/m1/s1. The molecular weight excluding hydrogens is 436 g/mol. The van der Waals surface area contributed by atoms with Gasteiger partial charge in [0.25, 0.3) is 0 Å². The number of fused-ring (bicyclic) bond motifs is 1. The van der Waals surface area contributed by atoms with Gasteiger partial charge in [-0.25, -0.2) is 9.97 Å². The average molecular weight is 460 g/mol. The van der Waals surface area contributed by atoms with Crippen molar-refractivity contribution in [2.75, 3.05) is 17.2 Å². The molecule has 3 heterocycles. The van der Waals surface area contributed by atoms with Crippen molar-refractivity contribution in [3.05, 3.63) is 67.1 Å². The summed E-state index contributed by atoms with van der Waals surface area (Å²) in [6.45, 7) is 0.0796. The summed E-state index contributed by atoms with van der Waals surface area (Å²) in [7, 11) is 0. The fourth-order valence-corrected chi connectivity index (χ4v) is 4.22. The number of aliphatic hydroxyl groups excluding tert-OH is 2. The maximum absolute atomic E-state index is 10.7. The second-order valence-electron chi connectivity index (χ2n) is 7.98. The molecule has 0 aliphatic carbocycles. The molecule has 1 amide bonds. The van der Waals surface area contributed by atoms with Crippen LogP contribution < -0.4 is 16.4 Å². The van der Waals surface area contributed by atoms with Gasteiger partial charge in [-0.2, -0.15) is 0 Å². The Balaban J connectivity index is 1.62. The number of benzene rings is 2. The summed E-state index contributed by atoms with van der Waals surface area (Å²) in [5, 5.41) is 27.7. The molecule has 0 spiro atoms. The van der Waals surface area contributed by atoms with E-state index in [4.69, 9.17) is 10.5 Å². The summed E-state index contributed by atoms with van der Waals surface area (Å²) in [5.74, 6) is 0.558. The zero-order chi connectivity index (χ0) is 23.7. The van der Waals surface area contributed by atoms with E-state index in [2.05, 4.69) is 20.6 Å². The van der Waals surface area contributed by atoms with Gasteiger partial charge in [-0.15, -0.1) is 0 Å². The predicted octanol–water partition coefficient (Wildman–Crippen LogP) is 1.99. The Bertz CT molecular complexity index is 1290. The van der Waals surface area contributed by atoms with Crippen LogP contribution in [0.5, 0.6) is 0 Å². The lowest BCUT2D eigenvalue weighted by atomic mass is 10.1. The second kappa shape index (κ2) is 9.20. The third-order valence-corrected chi connectivity index (χ3v) is 5.91. The van der Waals surface area contributed by atoms with Crippen molar-refractivity contribution in [2.24, 2.45) is 5.73 Å². The molecule has 6 N–H and O–H groups in total. The highest BCUT2D eigenvalue weighted by molar-refractivity contribution is 6.02. The minimum atomic E-state index is -1.17. The molecule has 2 aromatic carbocycles. The Labute approximate surface area is 195 Å². The number of aliphatic hydroxyl groups is 2. The monoisotopic (exact) mass is 460 g/mol. The summed E-state index contributed by atoms with van der Waals surface area (Å²) >= 11 is 0. The van der Waals surface area contributed by atoms with Crippen molar-refractivity contribution in [1.82, 2.24) is 14.5 Å². The third kappa shape index (κ3) is 3.88. The lowest BCUT2D eigenvalue weighted by Gasteiger charge is -2.17. The van der Waals surface area contributed by atoms with Crippen LogP contribution in [-0.2, 0) is 9.53 Å². The van der Waals surface area contributed by atoms with Gasteiger partial charge >= 0.3 is 0 Å². The first-order valence-corrected chi connectivity index (χ1v) is 10.8. The predicted molar refractivity (Wildman–Crippen MR) is 127 cm³/mol. The number of rotatable bonds is 7. The molecule has 1 saturated heterocycles. The van der Waals surface area contributed by atoms with Crippen LogP contribution in [0.2, 0.25) is 0 Å². The summed E-state index contributed by atoms with van der Waals surface area (Å²) in [4.78, 5) is 19.6. The van der Waals surface area contributed by atoms with Gasteiger partial charge in [0, 0.05) is 29.7 Å². The number of hydrogen-bond donors (Lipinski definition) is 5. The number of amides is 1. The molecule has 1 fully saturated rings. The summed E-state index contributed by atoms with van der Waals surface area (Å²) in [6.07, 6.45) is 0.0714. The van der Waals surface area contributed by atoms with Crippen LogP contribution in [0, 0.1) is 0 Å². The third-order valence-electron chi connectivity index (χ3n) is 5.91. The molecule has 1 aliphatic rings. The van der Waals surface area contributed by atoms with E-state index >= 15 is 0 Å². The highest BCUT2D eigenvalue weighted by atomic mass is 16.6. The molecule has 2 aromatic heterocycles. The smallest absolute Gasteiger partial charge is 0.211 e. The molecule has 4 aromatic rings. The fourth-order valence-electron chi connectivity index (χ4n) is 4.22. The fraction of sp³-hybridized carbons (Fsp3) is 0.208. The number of carbonyl (C=O) groups is 1. The number of hydrogen-bond acceptors (Lipinski definition) is 8. The Kier molecular flexibility index (Phi) is 5.95. The van der Waals surface area contributed by atoms with Crippen molar-refractivity contribution in [3.8, 4) is 11.1 Å². The van der Waals surface area contributed by atoms with Crippen molar-refractivity contribution in [2.45, 2.75) is 24.5 Å². The minimum Gasteiger partial charge on any atom is -0.387 e.